The Kier molecular flexibility index (Phi) is 3.46. The molecule has 2 N–H and O–H groups in total. The van der Waals surface area contributed by atoms with Gasteiger partial charge in [-0.2, -0.15) is 0 Å². The molecule has 0 aliphatic carbocycles. The predicted molar refractivity (Wildman–Crippen MR) is 78.9 cm³/mol. The van der Waals surface area contributed by atoms with E-state index in [9.17, 15) is 4.79 Å². The van der Waals surface area contributed by atoms with Crippen molar-refractivity contribution in [1.82, 2.24) is 4.57 Å². The van der Waals surface area contributed by atoms with Crippen molar-refractivity contribution in [1.29, 1.82) is 0 Å². The summed E-state index contributed by atoms with van der Waals surface area (Å²) in [5.41, 5.74) is 7.84. The summed E-state index contributed by atoms with van der Waals surface area (Å²) in [7, 11) is 1.85. The molecule has 0 saturated heterocycles. The predicted octanol–water partition coefficient (Wildman–Crippen LogP) is 1.54. The van der Waals surface area contributed by atoms with Gasteiger partial charge >= 0.3 is 5.97 Å². The van der Waals surface area contributed by atoms with Crippen molar-refractivity contribution >= 4 is 11.8 Å². The Bertz CT molecular complexity index is 764. The summed E-state index contributed by atoms with van der Waals surface area (Å²) in [6.07, 6.45) is 0. The number of hydrogen-bond donors (Lipinski definition) is 1. The minimum absolute atomic E-state index is 0.129. The number of benzene rings is 1. The largest absolute Gasteiger partial charge is 0.454 e. The van der Waals surface area contributed by atoms with E-state index in [-0.39, 0.29) is 12.6 Å². The first kappa shape index (κ1) is 14.0. The van der Waals surface area contributed by atoms with Gasteiger partial charge in [-0.3, -0.25) is 0 Å². The standard InChI is InChI=1S/C15H15N3O4/c1-9-3-5-11(18(9)2)14(16)17-22-15(19)10-4-6-12-13(7-10)21-8-20-12/h3-7H,8H2,1-2H3,(H2,16,17). The smallest absolute Gasteiger partial charge is 0.365 e. The first-order chi connectivity index (χ1) is 10.6. The molecule has 1 aromatic heterocycles. The first-order valence-corrected chi connectivity index (χ1v) is 6.63. The van der Waals surface area contributed by atoms with Gasteiger partial charge in [-0.1, -0.05) is 5.16 Å². The number of rotatable bonds is 3. The highest BCUT2D eigenvalue weighted by molar-refractivity contribution is 5.97. The van der Waals surface area contributed by atoms with Crippen LogP contribution in [0.3, 0.4) is 0 Å². The van der Waals surface area contributed by atoms with E-state index in [1.54, 1.807) is 18.2 Å². The second-order valence-corrected chi connectivity index (χ2v) is 4.84. The molecule has 2 heterocycles. The molecule has 0 radical (unpaired) electrons. The van der Waals surface area contributed by atoms with E-state index in [0.29, 0.717) is 22.8 Å². The summed E-state index contributed by atoms with van der Waals surface area (Å²) in [6, 6.07) is 8.48. The van der Waals surface area contributed by atoms with E-state index in [1.807, 2.05) is 30.7 Å². The summed E-state index contributed by atoms with van der Waals surface area (Å²) in [5.74, 6) is 0.611. The summed E-state index contributed by atoms with van der Waals surface area (Å²) in [6.45, 7) is 2.08. The third-order valence-corrected chi connectivity index (χ3v) is 3.47. The normalized spacial score (nSPS) is 13.3. The average molecular weight is 301 g/mol. The SMILES string of the molecule is Cc1ccc(/C(N)=N\OC(=O)c2ccc3c(c2)OCO3)n1C. The number of nitrogens with two attached hydrogens (primary N) is 1. The molecular weight excluding hydrogens is 286 g/mol. The molecule has 2 aromatic rings. The van der Waals surface area contributed by atoms with Gasteiger partial charge in [-0.15, -0.1) is 0 Å². The second-order valence-electron chi connectivity index (χ2n) is 4.84. The molecule has 7 heteroatoms. The highest BCUT2D eigenvalue weighted by Crippen LogP contribution is 2.32. The number of carbonyl (C=O) groups excluding carboxylic acids is 1. The minimum Gasteiger partial charge on any atom is -0.454 e. The number of fused-ring (bicyclic) bond motifs is 1. The van der Waals surface area contributed by atoms with E-state index >= 15 is 0 Å². The van der Waals surface area contributed by atoms with Crippen LogP contribution in [0.1, 0.15) is 21.7 Å². The molecule has 0 atom stereocenters. The summed E-state index contributed by atoms with van der Waals surface area (Å²) in [4.78, 5) is 16.9. The summed E-state index contributed by atoms with van der Waals surface area (Å²) in [5, 5.41) is 3.69. The van der Waals surface area contributed by atoms with Gasteiger partial charge in [0.2, 0.25) is 6.79 Å². The Morgan fingerprint density at radius 2 is 2.05 bits per heavy atom. The molecule has 0 bridgehead atoms. The van der Waals surface area contributed by atoms with Crippen LogP contribution in [-0.4, -0.2) is 23.2 Å². The molecule has 0 saturated carbocycles. The lowest BCUT2D eigenvalue weighted by Crippen LogP contribution is -2.18. The fourth-order valence-electron chi connectivity index (χ4n) is 2.08. The second kappa shape index (κ2) is 5.44. The Balaban J connectivity index is 1.74. The molecule has 1 aromatic carbocycles. The highest BCUT2D eigenvalue weighted by Gasteiger charge is 2.17. The van der Waals surface area contributed by atoms with Gasteiger partial charge in [0.15, 0.2) is 17.3 Å². The van der Waals surface area contributed by atoms with Crippen LogP contribution in [0.2, 0.25) is 0 Å². The number of nitrogens with zero attached hydrogens (tertiary/aromatic N) is 2. The summed E-state index contributed by atoms with van der Waals surface area (Å²) >= 11 is 0. The van der Waals surface area contributed by atoms with Crippen LogP contribution < -0.4 is 15.2 Å². The van der Waals surface area contributed by atoms with Crippen LogP contribution in [0.4, 0.5) is 0 Å². The first-order valence-electron chi connectivity index (χ1n) is 6.63. The van der Waals surface area contributed by atoms with Crippen LogP contribution in [0.15, 0.2) is 35.5 Å². The molecule has 7 nitrogen and oxygen atoms in total. The van der Waals surface area contributed by atoms with Crippen molar-refractivity contribution in [2.24, 2.45) is 17.9 Å². The monoisotopic (exact) mass is 301 g/mol. The van der Waals surface area contributed by atoms with Crippen LogP contribution in [0.25, 0.3) is 0 Å². The third kappa shape index (κ3) is 2.48. The van der Waals surface area contributed by atoms with Crippen molar-refractivity contribution in [2.45, 2.75) is 6.92 Å². The zero-order valence-corrected chi connectivity index (χ0v) is 12.2. The molecule has 0 fully saturated rings. The third-order valence-electron chi connectivity index (χ3n) is 3.47. The van der Waals surface area contributed by atoms with E-state index in [0.717, 1.165) is 5.69 Å². The number of amidine groups is 1. The molecule has 1 aliphatic heterocycles. The van der Waals surface area contributed by atoms with Crippen molar-refractivity contribution in [3.63, 3.8) is 0 Å². The number of hydrogen-bond acceptors (Lipinski definition) is 5. The lowest BCUT2D eigenvalue weighted by molar-refractivity contribution is 0.0515. The highest BCUT2D eigenvalue weighted by atomic mass is 16.7. The lowest BCUT2D eigenvalue weighted by Gasteiger charge is -2.04. The molecular formula is C15H15N3O4. The van der Waals surface area contributed by atoms with E-state index in [2.05, 4.69) is 5.16 Å². The average Bonchev–Trinajstić information content (AvgIpc) is 3.11. The van der Waals surface area contributed by atoms with Gasteiger partial charge in [0.1, 0.15) is 0 Å². The van der Waals surface area contributed by atoms with Gasteiger partial charge in [0.25, 0.3) is 0 Å². The van der Waals surface area contributed by atoms with Crippen LogP contribution >= 0.6 is 0 Å². The fourth-order valence-corrected chi connectivity index (χ4v) is 2.08. The Hall–Kier alpha value is -2.96. The van der Waals surface area contributed by atoms with Gasteiger partial charge in [-0.05, 0) is 37.3 Å². The number of aryl methyl sites for hydroxylation is 1. The van der Waals surface area contributed by atoms with Crippen LogP contribution in [0.5, 0.6) is 11.5 Å². The Morgan fingerprint density at radius 1 is 1.27 bits per heavy atom. The fraction of sp³-hybridized carbons (Fsp3) is 0.200. The zero-order chi connectivity index (χ0) is 15.7. The molecule has 1 aliphatic rings. The van der Waals surface area contributed by atoms with E-state index < -0.39 is 5.97 Å². The van der Waals surface area contributed by atoms with Crippen molar-refractivity contribution in [3.05, 3.63) is 47.3 Å². The van der Waals surface area contributed by atoms with Crippen LogP contribution in [-0.2, 0) is 11.9 Å². The maximum absolute atomic E-state index is 12.0. The molecule has 3 rings (SSSR count). The Morgan fingerprint density at radius 3 is 2.77 bits per heavy atom. The number of carbonyl (C=O) groups is 1. The minimum atomic E-state index is -0.618. The zero-order valence-electron chi connectivity index (χ0n) is 12.2. The van der Waals surface area contributed by atoms with E-state index in [4.69, 9.17) is 20.0 Å². The van der Waals surface area contributed by atoms with Crippen molar-refractivity contribution in [2.75, 3.05) is 6.79 Å². The van der Waals surface area contributed by atoms with Gasteiger partial charge in [0.05, 0.1) is 11.3 Å². The molecule has 0 spiro atoms. The maximum atomic E-state index is 12.0. The van der Waals surface area contributed by atoms with Crippen molar-refractivity contribution in [3.8, 4) is 11.5 Å². The lowest BCUT2D eigenvalue weighted by atomic mass is 10.2. The quantitative estimate of drug-likeness (QED) is 0.402. The number of oxime groups is 1. The van der Waals surface area contributed by atoms with Crippen LogP contribution in [0, 0.1) is 6.92 Å². The molecule has 22 heavy (non-hydrogen) atoms. The number of aromatic nitrogens is 1. The number of ether oxygens (including phenoxy) is 2. The van der Waals surface area contributed by atoms with Crippen molar-refractivity contribution < 1.29 is 19.1 Å². The maximum Gasteiger partial charge on any atom is 0.365 e. The Labute approximate surface area is 126 Å². The van der Waals surface area contributed by atoms with Gasteiger partial charge in [-0.25, -0.2) is 4.79 Å². The molecule has 0 amide bonds. The molecule has 0 unspecified atom stereocenters. The molecule has 114 valence electrons. The topological polar surface area (TPSA) is 88.1 Å². The van der Waals surface area contributed by atoms with Gasteiger partial charge in [0, 0.05) is 12.7 Å². The van der Waals surface area contributed by atoms with E-state index in [1.165, 1.54) is 0 Å². The summed E-state index contributed by atoms with van der Waals surface area (Å²) < 4.78 is 12.2. The van der Waals surface area contributed by atoms with Gasteiger partial charge < -0.3 is 24.6 Å².